The molecule has 1 aromatic rings. The Balaban J connectivity index is 0.00000900. The first kappa shape index (κ1) is 29.0. The molecular formula is C22H38IN5O3. The van der Waals surface area contributed by atoms with Gasteiger partial charge in [-0.2, -0.15) is 0 Å². The Morgan fingerprint density at radius 2 is 1.74 bits per heavy atom. The van der Waals surface area contributed by atoms with Crippen LogP contribution in [-0.4, -0.2) is 42.7 Å². The van der Waals surface area contributed by atoms with Crippen LogP contribution in [0.2, 0.25) is 0 Å². The number of nitrogens with zero attached hydrogens (tertiary/aromatic N) is 1. The molecule has 0 heterocycles. The van der Waals surface area contributed by atoms with Gasteiger partial charge in [0.05, 0.1) is 5.54 Å². The lowest BCUT2D eigenvalue weighted by molar-refractivity contribution is -0.114. The van der Waals surface area contributed by atoms with E-state index in [1.807, 2.05) is 58.9 Å². The molecule has 4 N–H and O–H groups in total. The summed E-state index contributed by atoms with van der Waals surface area (Å²) in [5.41, 5.74) is 0.759. The predicted molar refractivity (Wildman–Crippen MR) is 137 cm³/mol. The number of halogens is 1. The summed E-state index contributed by atoms with van der Waals surface area (Å²) < 4.78 is 5.42. The number of hydrogen-bond acceptors (Lipinski definition) is 4. The summed E-state index contributed by atoms with van der Waals surface area (Å²) in [7, 11) is 1.70. The molecule has 0 aliphatic rings. The van der Waals surface area contributed by atoms with E-state index in [1.54, 1.807) is 7.05 Å². The third-order valence-electron chi connectivity index (χ3n) is 4.64. The van der Waals surface area contributed by atoms with Crippen LogP contribution in [-0.2, 0) is 16.1 Å². The number of anilines is 1. The van der Waals surface area contributed by atoms with Gasteiger partial charge in [0.25, 0.3) is 0 Å². The SMILES string of the molecule is CCC(CC)(CNC(=NC)NCc1cccc(NC(C)=O)c1)NC(=O)OC(C)(C)C.I. The van der Waals surface area contributed by atoms with Crippen LogP contribution in [0, 0.1) is 0 Å². The van der Waals surface area contributed by atoms with Crippen LogP contribution in [0.25, 0.3) is 0 Å². The fourth-order valence-electron chi connectivity index (χ4n) is 2.86. The minimum atomic E-state index is -0.548. The summed E-state index contributed by atoms with van der Waals surface area (Å²) in [5.74, 6) is 0.516. The van der Waals surface area contributed by atoms with E-state index >= 15 is 0 Å². The van der Waals surface area contributed by atoms with Gasteiger partial charge in [-0.05, 0) is 51.3 Å². The molecule has 1 rings (SSSR count). The summed E-state index contributed by atoms with van der Waals surface area (Å²) in [6.07, 6.45) is 1.06. The number of amides is 2. The highest BCUT2D eigenvalue weighted by Gasteiger charge is 2.30. The van der Waals surface area contributed by atoms with Crippen molar-refractivity contribution in [2.45, 2.75) is 72.1 Å². The van der Waals surface area contributed by atoms with Gasteiger partial charge < -0.3 is 26.0 Å². The Kier molecular flexibility index (Phi) is 12.5. The molecule has 0 unspecified atom stereocenters. The van der Waals surface area contributed by atoms with Crippen molar-refractivity contribution in [3.8, 4) is 0 Å². The molecule has 9 heteroatoms. The number of alkyl carbamates (subject to hydrolysis) is 1. The summed E-state index contributed by atoms with van der Waals surface area (Å²) in [5, 5.41) is 12.4. The number of benzene rings is 1. The van der Waals surface area contributed by atoms with Gasteiger partial charge in [0.1, 0.15) is 5.60 Å². The number of carbonyl (C=O) groups is 2. The van der Waals surface area contributed by atoms with Crippen molar-refractivity contribution in [3.63, 3.8) is 0 Å². The molecular weight excluding hydrogens is 509 g/mol. The lowest BCUT2D eigenvalue weighted by Crippen LogP contribution is -2.57. The molecule has 0 radical (unpaired) electrons. The molecule has 2 amide bonds. The lowest BCUT2D eigenvalue weighted by Gasteiger charge is -2.34. The monoisotopic (exact) mass is 547 g/mol. The van der Waals surface area contributed by atoms with Gasteiger partial charge in [-0.1, -0.05) is 26.0 Å². The van der Waals surface area contributed by atoms with Crippen molar-refractivity contribution in [2.75, 3.05) is 18.9 Å². The second-order valence-corrected chi connectivity index (χ2v) is 8.28. The molecule has 1 aromatic carbocycles. The maximum atomic E-state index is 12.3. The van der Waals surface area contributed by atoms with Gasteiger partial charge in [0, 0.05) is 32.7 Å². The molecule has 0 spiro atoms. The molecule has 0 saturated carbocycles. The number of aliphatic imine (C=N–C) groups is 1. The molecule has 0 atom stereocenters. The number of ether oxygens (including phenoxy) is 1. The predicted octanol–water partition coefficient (Wildman–Crippen LogP) is 4.01. The zero-order valence-electron chi connectivity index (χ0n) is 19.7. The maximum absolute atomic E-state index is 12.3. The highest BCUT2D eigenvalue weighted by atomic mass is 127. The van der Waals surface area contributed by atoms with E-state index in [0.717, 1.165) is 24.1 Å². The van der Waals surface area contributed by atoms with E-state index in [-0.39, 0.29) is 29.9 Å². The third kappa shape index (κ3) is 11.2. The minimum Gasteiger partial charge on any atom is -0.444 e. The van der Waals surface area contributed by atoms with Crippen LogP contribution in [0.4, 0.5) is 10.5 Å². The van der Waals surface area contributed by atoms with Crippen LogP contribution < -0.4 is 21.3 Å². The van der Waals surface area contributed by atoms with E-state index < -0.39 is 17.2 Å². The molecule has 0 aromatic heterocycles. The van der Waals surface area contributed by atoms with Crippen molar-refractivity contribution in [1.82, 2.24) is 16.0 Å². The van der Waals surface area contributed by atoms with Crippen LogP contribution in [0.1, 0.15) is 59.9 Å². The van der Waals surface area contributed by atoms with Crippen LogP contribution >= 0.6 is 24.0 Å². The fraction of sp³-hybridized carbons (Fsp3) is 0.591. The van der Waals surface area contributed by atoms with Gasteiger partial charge >= 0.3 is 6.09 Å². The second-order valence-electron chi connectivity index (χ2n) is 8.28. The quantitative estimate of drug-likeness (QED) is 0.224. The molecule has 176 valence electrons. The first-order chi connectivity index (χ1) is 14.0. The maximum Gasteiger partial charge on any atom is 0.408 e. The molecule has 0 bridgehead atoms. The molecule has 0 fully saturated rings. The third-order valence-corrected chi connectivity index (χ3v) is 4.64. The Morgan fingerprint density at radius 1 is 1.10 bits per heavy atom. The van der Waals surface area contributed by atoms with E-state index in [0.29, 0.717) is 19.0 Å². The van der Waals surface area contributed by atoms with E-state index in [4.69, 9.17) is 4.74 Å². The summed E-state index contributed by atoms with van der Waals surface area (Å²) in [6.45, 7) is 12.1. The van der Waals surface area contributed by atoms with Crippen molar-refractivity contribution in [3.05, 3.63) is 29.8 Å². The topological polar surface area (TPSA) is 104 Å². The fourth-order valence-corrected chi connectivity index (χ4v) is 2.86. The van der Waals surface area contributed by atoms with Gasteiger partial charge in [-0.3, -0.25) is 9.79 Å². The van der Waals surface area contributed by atoms with Crippen LogP contribution in [0.3, 0.4) is 0 Å². The molecule has 31 heavy (non-hydrogen) atoms. The van der Waals surface area contributed by atoms with E-state index in [1.165, 1.54) is 6.92 Å². The zero-order valence-corrected chi connectivity index (χ0v) is 22.0. The van der Waals surface area contributed by atoms with E-state index in [2.05, 4.69) is 26.3 Å². The normalized spacial score (nSPS) is 11.8. The number of nitrogens with one attached hydrogen (secondary N) is 4. The Bertz CT molecular complexity index is 743. The Hall–Kier alpha value is -2.04. The summed E-state index contributed by atoms with van der Waals surface area (Å²) >= 11 is 0. The van der Waals surface area contributed by atoms with Crippen molar-refractivity contribution in [2.24, 2.45) is 4.99 Å². The summed E-state index contributed by atoms with van der Waals surface area (Å²) in [4.78, 5) is 27.8. The highest BCUT2D eigenvalue weighted by molar-refractivity contribution is 14.0. The number of guanidine groups is 1. The molecule has 0 saturated heterocycles. The minimum absolute atomic E-state index is 0. The first-order valence-corrected chi connectivity index (χ1v) is 10.3. The second kappa shape index (κ2) is 13.4. The first-order valence-electron chi connectivity index (χ1n) is 10.3. The molecule has 8 nitrogen and oxygen atoms in total. The van der Waals surface area contributed by atoms with Gasteiger partial charge in [-0.25, -0.2) is 4.79 Å². The zero-order chi connectivity index (χ0) is 22.8. The van der Waals surface area contributed by atoms with Gasteiger partial charge in [0.2, 0.25) is 5.91 Å². The smallest absolute Gasteiger partial charge is 0.408 e. The number of carbonyl (C=O) groups excluding carboxylic acids is 2. The number of hydrogen-bond donors (Lipinski definition) is 4. The average molecular weight is 547 g/mol. The standard InChI is InChI=1S/C22H37N5O3.HI/c1-8-22(9-2,27-20(29)30-21(4,5)6)15-25-19(23-7)24-14-17-11-10-12-18(13-17)26-16(3)28;/h10-13H,8-9,14-15H2,1-7H3,(H,26,28)(H,27,29)(H2,23,24,25);1H. The van der Waals surface area contributed by atoms with Gasteiger partial charge in [0.15, 0.2) is 5.96 Å². The molecule has 0 aliphatic carbocycles. The van der Waals surface area contributed by atoms with Crippen LogP contribution in [0.15, 0.2) is 29.3 Å². The molecule has 0 aliphatic heterocycles. The van der Waals surface area contributed by atoms with Crippen molar-refractivity contribution >= 4 is 47.6 Å². The lowest BCUT2D eigenvalue weighted by atomic mass is 9.93. The Labute approximate surface area is 203 Å². The van der Waals surface area contributed by atoms with E-state index in [9.17, 15) is 9.59 Å². The van der Waals surface area contributed by atoms with Crippen molar-refractivity contribution in [1.29, 1.82) is 0 Å². The number of rotatable bonds is 8. The average Bonchev–Trinajstić information content (AvgIpc) is 2.65. The largest absolute Gasteiger partial charge is 0.444 e. The Morgan fingerprint density at radius 3 is 2.26 bits per heavy atom. The van der Waals surface area contributed by atoms with Crippen LogP contribution in [0.5, 0.6) is 0 Å². The summed E-state index contributed by atoms with van der Waals surface area (Å²) in [6, 6.07) is 7.62. The van der Waals surface area contributed by atoms with Crippen molar-refractivity contribution < 1.29 is 14.3 Å². The van der Waals surface area contributed by atoms with Gasteiger partial charge in [-0.15, -0.1) is 24.0 Å². The highest BCUT2D eigenvalue weighted by Crippen LogP contribution is 2.16.